The quantitative estimate of drug-likeness (QED) is 0.815. The third kappa shape index (κ3) is 2.81. The number of nitrogens with zero attached hydrogens (tertiary/aromatic N) is 2. The van der Waals surface area contributed by atoms with E-state index in [1.54, 1.807) is 0 Å². The SMILES string of the molecule is C1=CNCC(c2cc(C3=CN=C(c4ccccc4)NC3)[nH]n2)=C1. The molecule has 0 radical (unpaired) electrons. The highest BCUT2D eigenvalue weighted by Gasteiger charge is 2.14. The zero-order valence-electron chi connectivity index (χ0n) is 12.6. The molecule has 23 heavy (non-hydrogen) atoms. The van der Waals surface area contributed by atoms with E-state index in [4.69, 9.17) is 0 Å². The van der Waals surface area contributed by atoms with Crippen molar-refractivity contribution < 1.29 is 0 Å². The number of nitrogens with one attached hydrogen (secondary N) is 3. The van der Waals surface area contributed by atoms with Crippen LogP contribution in [0.5, 0.6) is 0 Å². The summed E-state index contributed by atoms with van der Waals surface area (Å²) in [5, 5.41) is 14.1. The molecule has 0 saturated heterocycles. The molecular weight excluding hydrogens is 286 g/mol. The van der Waals surface area contributed by atoms with Crippen molar-refractivity contribution >= 4 is 17.0 Å². The summed E-state index contributed by atoms with van der Waals surface area (Å²) in [6.45, 7) is 1.53. The molecule has 0 atom stereocenters. The number of hydrogen-bond acceptors (Lipinski definition) is 4. The summed E-state index contributed by atoms with van der Waals surface area (Å²) in [5.41, 5.74) is 5.34. The second-order valence-corrected chi connectivity index (χ2v) is 5.45. The van der Waals surface area contributed by atoms with Crippen molar-refractivity contribution in [2.75, 3.05) is 13.1 Å². The molecule has 5 heteroatoms. The van der Waals surface area contributed by atoms with Crippen LogP contribution in [0.3, 0.4) is 0 Å². The first-order valence-electron chi connectivity index (χ1n) is 7.61. The second-order valence-electron chi connectivity index (χ2n) is 5.45. The number of rotatable bonds is 3. The van der Waals surface area contributed by atoms with Crippen LogP contribution in [-0.4, -0.2) is 29.1 Å². The van der Waals surface area contributed by atoms with Crippen LogP contribution in [0.1, 0.15) is 17.0 Å². The van der Waals surface area contributed by atoms with E-state index in [1.807, 2.05) is 36.7 Å². The summed E-state index contributed by atoms with van der Waals surface area (Å²) in [5.74, 6) is 0.901. The molecule has 4 rings (SSSR count). The van der Waals surface area contributed by atoms with Gasteiger partial charge >= 0.3 is 0 Å². The Balaban J connectivity index is 1.57. The molecule has 2 aromatic rings. The highest BCUT2D eigenvalue weighted by molar-refractivity contribution is 6.01. The van der Waals surface area contributed by atoms with Gasteiger partial charge in [0, 0.05) is 30.4 Å². The number of aromatic nitrogens is 2. The monoisotopic (exact) mass is 303 g/mol. The van der Waals surface area contributed by atoms with E-state index in [0.29, 0.717) is 0 Å². The molecule has 0 spiro atoms. The van der Waals surface area contributed by atoms with Crippen molar-refractivity contribution in [2.45, 2.75) is 0 Å². The van der Waals surface area contributed by atoms with E-state index in [9.17, 15) is 0 Å². The van der Waals surface area contributed by atoms with Crippen LogP contribution in [0.4, 0.5) is 0 Å². The number of benzene rings is 1. The Hall–Kier alpha value is -3.08. The first-order valence-corrected chi connectivity index (χ1v) is 7.61. The van der Waals surface area contributed by atoms with E-state index in [2.05, 4.69) is 50.1 Å². The molecule has 2 aliphatic rings. The van der Waals surface area contributed by atoms with Crippen molar-refractivity contribution in [3.8, 4) is 0 Å². The predicted molar refractivity (Wildman–Crippen MR) is 92.7 cm³/mol. The van der Waals surface area contributed by atoms with Crippen molar-refractivity contribution in [1.29, 1.82) is 0 Å². The molecular formula is C18H17N5. The number of hydrogen-bond donors (Lipinski definition) is 3. The van der Waals surface area contributed by atoms with Gasteiger partial charge in [-0.25, -0.2) is 4.99 Å². The van der Waals surface area contributed by atoms with Gasteiger partial charge in [-0.3, -0.25) is 5.10 Å². The maximum atomic E-state index is 4.54. The van der Waals surface area contributed by atoms with Gasteiger partial charge in [-0.05, 0) is 23.9 Å². The molecule has 2 aliphatic heterocycles. The molecule has 0 amide bonds. The Morgan fingerprint density at radius 1 is 1.00 bits per heavy atom. The van der Waals surface area contributed by atoms with Crippen LogP contribution in [0.25, 0.3) is 11.1 Å². The Labute approximate surface area is 134 Å². The highest BCUT2D eigenvalue weighted by Crippen LogP contribution is 2.20. The summed E-state index contributed by atoms with van der Waals surface area (Å²) in [4.78, 5) is 4.54. The van der Waals surface area contributed by atoms with Crippen molar-refractivity contribution in [3.63, 3.8) is 0 Å². The standard InChI is InChI=1S/C18H17N5/c1-2-5-13(6-3-1)18-20-11-15(12-21-18)17-9-16(22-23-17)14-7-4-8-19-10-14/h1-9,11,19H,10,12H2,(H,20,21)(H,22,23). The number of aliphatic imine (C=N–C) groups is 1. The molecule has 1 aromatic carbocycles. The van der Waals surface area contributed by atoms with Crippen molar-refractivity contribution in [1.82, 2.24) is 20.8 Å². The van der Waals surface area contributed by atoms with E-state index in [0.717, 1.165) is 41.4 Å². The minimum Gasteiger partial charge on any atom is -0.387 e. The number of H-pyrrole nitrogens is 1. The Kier molecular flexibility index (Phi) is 3.52. The van der Waals surface area contributed by atoms with Crippen LogP contribution in [-0.2, 0) is 0 Å². The lowest BCUT2D eigenvalue weighted by molar-refractivity contribution is 0.964. The maximum Gasteiger partial charge on any atom is 0.133 e. The van der Waals surface area contributed by atoms with Gasteiger partial charge in [0.2, 0.25) is 0 Å². The Morgan fingerprint density at radius 3 is 2.65 bits per heavy atom. The molecule has 114 valence electrons. The minimum atomic E-state index is 0.729. The number of amidine groups is 1. The normalized spacial score (nSPS) is 16.8. The second kappa shape index (κ2) is 5.96. The topological polar surface area (TPSA) is 65.1 Å². The fourth-order valence-corrected chi connectivity index (χ4v) is 2.64. The van der Waals surface area contributed by atoms with E-state index < -0.39 is 0 Å². The van der Waals surface area contributed by atoms with Crippen LogP contribution in [0.15, 0.2) is 65.9 Å². The average molecular weight is 303 g/mol. The predicted octanol–water partition coefficient (Wildman–Crippen LogP) is 2.30. The summed E-state index contributed by atoms with van der Waals surface area (Å²) >= 11 is 0. The molecule has 1 aromatic heterocycles. The lowest BCUT2D eigenvalue weighted by Crippen LogP contribution is -2.28. The molecule has 0 unspecified atom stereocenters. The Morgan fingerprint density at radius 2 is 1.91 bits per heavy atom. The molecule has 0 saturated carbocycles. The molecule has 3 N–H and O–H groups in total. The lowest BCUT2D eigenvalue weighted by atomic mass is 10.1. The van der Waals surface area contributed by atoms with Gasteiger partial charge in [0.25, 0.3) is 0 Å². The Bertz CT molecular complexity index is 824. The van der Waals surface area contributed by atoms with Gasteiger partial charge in [-0.15, -0.1) is 0 Å². The summed E-state index contributed by atoms with van der Waals surface area (Å²) in [6, 6.07) is 12.2. The van der Waals surface area contributed by atoms with E-state index >= 15 is 0 Å². The van der Waals surface area contributed by atoms with Gasteiger partial charge in [0.05, 0.1) is 11.4 Å². The van der Waals surface area contributed by atoms with Gasteiger partial charge in [-0.2, -0.15) is 5.10 Å². The number of dihydropyridines is 1. The molecule has 0 aliphatic carbocycles. The zero-order chi connectivity index (χ0) is 15.5. The van der Waals surface area contributed by atoms with Crippen LogP contribution >= 0.6 is 0 Å². The van der Waals surface area contributed by atoms with Gasteiger partial charge < -0.3 is 10.6 Å². The smallest absolute Gasteiger partial charge is 0.133 e. The van der Waals surface area contributed by atoms with E-state index in [1.165, 1.54) is 5.57 Å². The largest absolute Gasteiger partial charge is 0.387 e. The van der Waals surface area contributed by atoms with Crippen LogP contribution < -0.4 is 10.6 Å². The molecule has 3 heterocycles. The summed E-state index contributed by atoms with van der Waals surface area (Å²) < 4.78 is 0. The van der Waals surface area contributed by atoms with Gasteiger partial charge in [0.15, 0.2) is 0 Å². The number of allylic oxidation sites excluding steroid dienone is 2. The van der Waals surface area contributed by atoms with Gasteiger partial charge in [-0.1, -0.05) is 36.4 Å². The zero-order valence-corrected chi connectivity index (χ0v) is 12.6. The minimum absolute atomic E-state index is 0.729. The summed E-state index contributed by atoms with van der Waals surface area (Å²) in [6.07, 6.45) is 7.91. The lowest BCUT2D eigenvalue weighted by Gasteiger charge is -2.15. The highest BCUT2D eigenvalue weighted by atomic mass is 15.1. The van der Waals surface area contributed by atoms with E-state index in [-0.39, 0.29) is 0 Å². The average Bonchev–Trinajstić information content (AvgIpc) is 3.14. The third-order valence-corrected chi connectivity index (χ3v) is 3.90. The fraction of sp³-hybridized carbons (Fsp3) is 0.111. The van der Waals surface area contributed by atoms with Crippen LogP contribution in [0, 0.1) is 0 Å². The van der Waals surface area contributed by atoms with Crippen molar-refractivity contribution in [3.05, 3.63) is 77.9 Å². The van der Waals surface area contributed by atoms with Crippen LogP contribution in [0.2, 0.25) is 0 Å². The van der Waals surface area contributed by atoms with Crippen molar-refractivity contribution in [2.24, 2.45) is 4.99 Å². The molecule has 0 fully saturated rings. The number of aromatic amines is 1. The fourth-order valence-electron chi connectivity index (χ4n) is 2.64. The third-order valence-electron chi connectivity index (χ3n) is 3.90. The summed E-state index contributed by atoms with van der Waals surface area (Å²) in [7, 11) is 0. The van der Waals surface area contributed by atoms with Gasteiger partial charge in [0.1, 0.15) is 5.84 Å². The molecule has 5 nitrogen and oxygen atoms in total. The maximum absolute atomic E-state index is 4.54. The molecule has 0 bridgehead atoms. The first-order chi connectivity index (χ1) is 11.4. The first kappa shape index (κ1) is 13.6.